The highest BCUT2D eigenvalue weighted by Crippen LogP contribution is 2.39. The normalized spacial score (nSPS) is 13.3. The minimum atomic E-state index is -4.58. The Balaban J connectivity index is 2.71. The van der Waals surface area contributed by atoms with Crippen LogP contribution in [0.3, 0.4) is 0 Å². The van der Waals surface area contributed by atoms with Gasteiger partial charge in [-0.25, -0.2) is 4.68 Å². The van der Waals surface area contributed by atoms with E-state index in [9.17, 15) is 17.4 Å². The third-order valence-corrected chi connectivity index (χ3v) is 4.72. The number of nitrogens with two attached hydrogens (primary N) is 1. The van der Waals surface area contributed by atoms with E-state index >= 15 is 0 Å². The molecule has 0 aliphatic rings. The number of aryl methyl sites for hydroxylation is 1. The van der Waals surface area contributed by atoms with Crippen LogP contribution >= 0.6 is 23.2 Å². The van der Waals surface area contributed by atoms with Crippen LogP contribution in [0.2, 0.25) is 10.0 Å². The molecule has 1 unspecified atom stereocenters. The SMILES string of the molecule is CCc1nn(-c2c(Cl)cc(C(F)(F)F)cc2Cl)c(N)c1S(C)=O. The zero-order valence-electron chi connectivity index (χ0n) is 12.0. The lowest BCUT2D eigenvalue weighted by molar-refractivity contribution is -0.137. The fourth-order valence-electron chi connectivity index (χ4n) is 2.11. The molecule has 0 saturated carbocycles. The second kappa shape index (κ2) is 6.33. The quantitative estimate of drug-likeness (QED) is 0.865. The van der Waals surface area contributed by atoms with Crippen LogP contribution in [0.25, 0.3) is 5.69 Å². The van der Waals surface area contributed by atoms with Gasteiger partial charge in [0.15, 0.2) is 0 Å². The number of aromatic nitrogens is 2. The summed E-state index contributed by atoms with van der Waals surface area (Å²) < 4.78 is 51.3. The van der Waals surface area contributed by atoms with Gasteiger partial charge in [0.1, 0.15) is 16.4 Å². The molecule has 0 saturated heterocycles. The van der Waals surface area contributed by atoms with Gasteiger partial charge < -0.3 is 5.73 Å². The Kier molecular flexibility index (Phi) is 4.98. The summed E-state index contributed by atoms with van der Waals surface area (Å²) in [7, 11) is -1.41. The minimum Gasteiger partial charge on any atom is -0.383 e. The van der Waals surface area contributed by atoms with Gasteiger partial charge in [-0.15, -0.1) is 0 Å². The summed E-state index contributed by atoms with van der Waals surface area (Å²) in [5, 5.41) is 3.67. The van der Waals surface area contributed by atoms with Gasteiger partial charge in [-0.1, -0.05) is 30.1 Å². The van der Waals surface area contributed by atoms with Crippen LogP contribution in [0.1, 0.15) is 18.2 Å². The van der Waals surface area contributed by atoms with E-state index in [4.69, 9.17) is 28.9 Å². The first-order chi connectivity index (χ1) is 10.6. The van der Waals surface area contributed by atoms with Crippen LogP contribution < -0.4 is 5.73 Å². The minimum absolute atomic E-state index is 0.0187. The van der Waals surface area contributed by atoms with Gasteiger partial charge in [0.2, 0.25) is 0 Å². The maximum atomic E-state index is 12.8. The summed E-state index contributed by atoms with van der Waals surface area (Å²) in [5.74, 6) is 0.0336. The molecular formula is C13H12Cl2F3N3OS. The highest BCUT2D eigenvalue weighted by Gasteiger charge is 2.33. The highest BCUT2D eigenvalue weighted by atomic mass is 35.5. The molecule has 0 fully saturated rings. The molecule has 0 spiro atoms. The fourth-order valence-corrected chi connectivity index (χ4v) is 3.66. The number of anilines is 1. The zero-order chi connectivity index (χ0) is 17.5. The first-order valence-electron chi connectivity index (χ1n) is 6.35. The van der Waals surface area contributed by atoms with Crippen LogP contribution in [0.4, 0.5) is 19.0 Å². The van der Waals surface area contributed by atoms with Crippen LogP contribution in [0, 0.1) is 0 Å². The molecule has 0 aliphatic heterocycles. The summed E-state index contributed by atoms with van der Waals surface area (Å²) in [6.45, 7) is 1.79. The van der Waals surface area contributed by atoms with Gasteiger partial charge in [0.25, 0.3) is 0 Å². The summed E-state index contributed by atoms with van der Waals surface area (Å²) in [6, 6.07) is 1.50. The molecule has 4 nitrogen and oxygen atoms in total. The number of hydrogen-bond donors (Lipinski definition) is 1. The van der Waals surface area contributed by atoms with Crippen LogP contribution in [-0.4, -0.2) is 20.2 Å². The number of nitrogen functional groups attached to an aromatic ring is 1. The Morgan fingerprint density at radius 2 is 1.83 bits per heavy atom. The van der Waals surface area contributed by atoms with Crippen LogP contribution in [0.15, 0.2) is 17.0 Å². The summed E-state index contributed by atoms with van der Waals surface area (Å²) in [4.78, 5) is 0.319. The monoisotopic (exact) mass is 385 g/mol. The van der Waals surface area contributed by atoms with Crippen LogP contribution in [-0.2, 0) is 23.4 Å². The molecule has 2 N–H and O–H groups in total. The topological polar surface area (TPSA) is 60.9 Å². The smallest absolute Gasteiger partial charge is 0.383 e. The first-order valence-corrected chi connectivity index (χ1v) is 8.66. The third kappa shape index (κ3) is 3.34. The van der Waals surface area contributed by atoms with Gasteiger partial charge in [-0.3, -0.25) is 4.21 Å². The van der Waals surface area contributed by atoms with E-state index in [0.717, 1.165) is 16.8 Å². The second-order valence-corrected chi connectivity index (χ2v) is 6.80. The maximum Gasteiger partial charge on any atom is 0.416 e. The van der Waals surface area contributed by atoms with E-state index in [1.165, 1.54) is 6.26 Å². The molecule has 126 valence electrons. The van der Waals surface area contributed by atoms with Gasteiger partial charge >= 0.3 is 6.18 Å². The molecule has 1 aromatic carbocycles. The first kappa shape index (κ1) is 18.1. The zero-order valence-corrected chi connectivity index (χ0v) is 14.4. The van der Waals surface area contributed by atoms with Gasteiger partial charge in [0.05, 0.1) is 32.1 Å². The summed E-state index contributed by atoms with van der Waals surface area (Å²) in [6.07, 6.45) is -2.69. The number of halogens is 5. The molecule has 0 aliphatic carbocycles. The van der Waals surface area contributed by atoms with E-state index in [1.54, 1.807) is 6.92 Å². The van der Waals surface area contributed by atoms with E-state index in [1.807, 2.05) is 0 Å². The molecule has 1 heterocycles. The maximum absolute atomic E-state index is 12.8. The molecule has 2 aromatic rings. The van der Waals surface area contributed by atoms with Gasteiger partial charge in [-0.2, -0.15) is 18.3 Å². The lowest BCUT2D eigenvalue weighted by Crippen LogP contribution is -2.09. The lowest BCUT2D eigenvalue weighted by Gasteiger charge is -2.13. The van der Waals surface area contributed by atoms with Gasteiger partial charge in [0, 0.05) is 6.26 Å². The average molecular weight is 386 g/mol. The summed E-state index contributed by atoms with van der Waals surface area (Å²) >= 11 is 11.9. The molecule has 0 radical (unpaired) electrons. The number of rotatable bonds is 3. The molecule has 10 heteroatoms. The molecule has 0 amide bonds. The number of hydrogen-bond acceptors (Lipinski definition) is 3. The molecular weight excluding hydrogens is 374 g/mol. The lowest BCUT2D eigenvalue weighted by atomic mass is 10.2. The Hall–Kier alpha value is -1.25. The van der Waals surface area contributed by atoms with Crippen molar-refractivity contribution < 1.29 is 17.4 Å². The molecule has 0 bridgehead atoms. The van der Waals surface area contributed by atoms with E-state index in [0.29, 0.717) is 17.0 Å². The number of nitrogens with zero attached hydrogens (tertiary/aromatic N) is 2. The van der Waals surface area contributed by atoms with E-state index in [2.05, 4.69) is 5.10 Å². The standard InChI is InChI=1S/C13H12Cl2F3N3OS/c1-3-9-11(23(2)22)12(19)21(20-9)10-7(14)4-6(5-8(10)15)13(16,17)18/h4-5H,3,19H2,1-2H3. The van der Waals surface area contributed by atoms with Crippen molar-refractivity contribution >= 4 is 39.8 Å². The Morgan fingerprint density at radius 1 is 1.30 bits per heavy atom. The van der Waals surface area contributed by atoms with Crippen LogP contribution in [0.5, 0.6) is 0 Å². The summed E-state index contributed by atoms with van der Waals surface area (Å²) in [5.41, 5.74) is 5.45. The molecule has 1 atom stereocenters. The highest BCUT2D eigenvalue weighted by molar-refractivity contribution is 7.84. The third-order valence-electron chi connectivity index (χ3n) is 3.12. The average Bonchev–Trinajstić information content (AvgIpc) is 2.74. The van der Waals surface area contributed by atoms with Crippen molar-refractivity contribution in [2.24, 2.45) is 0 Å². The predicted octanol–water partition coefficient (Wildman–Crippen LogP) is 4.08. The van der Waals surface area contributed by atoms with E-state index < -0.39 is 22.5 Å². The van der Waals surface area contributed by atoms with Crippen molar-refractivity contribution in [3.05, 3.63) is 33.4 Å². The fraction of sp³-hybridized carbons (Fsp3) is 0.308. The van der Waals surface area contributed by atoms with Gasteiger partial charge in [-0.05, 0) is 18.6 Å². The predicted molar refractivity (Wildman–Crippen MR) is 84.7 cm³/mol. The molecule has 2 rings (SSSR count). The largest absolute Gasteiger partial charge is 0.416 e. The number of alkyl halides is 3. The van der Waals surface area contributed by atoms with Crippen molar-refractivity contribution in [2.75, 3.05) is 12.0 Å². The van der Waals surface area contributed by atoms with Crippen molar-refractivity contribution in [1.82, 2.24) is 9.78 Å². The molecule has 1 aromatic heterocycles. The Morgan fingerprint density at radius 3 is 2.17 bits per heavy atom. The van der Waals surface area contributed by atoms with E-state index in [-0.39, 0.29) is 21.6 Å². The van der Waals surface area contributed by atoms with Crippen molar-refractivity contribution in [2.45, 2.75) is 24.4 Å². The van der Waals surface area contributed by atoms with Crippen molar-refractivity contribution in [1.29, 1.82) is 0 Å². The number of benzene rings is 1. The Labute approximate surface area is 142 Å². The van der Waals surface area contributed by atoms with Crippen molar-refractivity contribution in [3.63, 3.8) is 0 Å². The Bertz CT molecular complexity index is 766. The molecule has 23 heavy (non-hydrogen) atoms. The van der Waals surface area contributed by atoms with Crippen molar-refractivity contribution in [3.8, 4) is 5.69 Å². The second-order valence-electron chi connectivity index (χ2n) is 4.67.